The lowest BCUT2D eigenvalue weighted by Gasteiger charge is -2.35. The van der Waals surface area contributed by atoms with E-state index >= 15 is 0 Å². The Kier molecular flexibility index (Phi) is 7.69. The fourth-order valence-electron chi connectivity index (χ4n) is 3.89. The largest absolute Gasteiger partial charge is 0.356 e. The second kappa shape index (κ2) is 10.4. The molecule has 0 spiro atoms. The number of rotatable bonds is 7. The van der Waals surface area contributed by atoms with Crippen LogP contribution in [0.4, 0.5) is 0 Å². The Balaban J connectivity index is 1.41. The molecule has 1 aliphatic heterocycles. The van der Waals surface area contributed by atoms with Crippen LogP contribution in [0, 0.1) is 6.92 Å². The quantitative estimate of drug-likeness (QED) is 0.429. The zero-order valence-electron chi connectivity index (χ0n) is 18.4. The van der Waals surface area contributed by atoms with E-state index in [-0.39, 0.29) is 0 Å². The molecule has 0 unspecified atom stereocenters. The number of piperidine rings is 1. The summed E-state index contributed by atoms with van der Waals surface area (Å²) in [5, 5.41) is 11.7. The third-order valence-electron chi connectivity index (χ3n) is 5.76. The molecule has 3 rings (SSSR count). The summed E-state index contributed by atoms with van der Waals surface area (Å²) in [5.74, 6) is 0.921. The van der Waals surface area contributed by atoms with Gasteiger partial charge in [-0.1, -0.05) is 18.2 Å². The molecular weight excluding hydrogens is 360 g/mol. The maximum Gasteiger partial charge on any atom is 0.191 e. The molecule has 2 aromatic rings. The first-order valence-corrected chi connectivity index (χ1v) is 10.9. The number of nitrogens with one attached hydrogen (secondary N) is 2. The molecule has 2 heterocycles. The molecule has 0 amide bonds. The van der Waals surface area contributed by atoms with Crippen LogP contribution < -0.4 is 10.6 Å². The monoisotopic (exact) mass is 396 g/mol. The smallest absolute Gasteiger partial charge is 0.191 e. The topological polar surface area (TPSA) is 57.5 Å². The first kappa shape index (κ1) is 21.4. The zero-order valence-corrected chi connectivity index (χ0v) is 18.4. The van der Waals surface area contributed by atoms with Crippen LogP contribution in [0.2, 0.25) is 0 Å². The fourth-order valence-corrected chi connectivity index (χ4v) is 3.89. The van der Waals surface area contributed by atoms with Gasteiger partial charge in [0.15, 0.2) is 5.96 Å². The maximum absolute atomic E-state index is 4.66. The minimum Gasteiger partial charge on any atom is -0.356 e. The highest BCUT2D eigenvalue weighted by Gasteiger charge is 2.21. The molecule has 1 fully saturated rings. The molecule has 0 atom stereocenters. The molecule has 2 N–H and O–H groups in total. The molecule has 6 heteroatoms. The summed E-state index contributed by atoms with van der Waals surface area (Å²) in [5.41, 5.74) is 3.51. The van der Waals surface area contributed by atoms with Crippen molar-refractivity contribution in [3.8, 4) is 5.69 Å². The molecule has 1 saturated heterocycles. The molecule has 1 aromatic heterocycles. The number of aromatic nitrogens is 2. The molecule has 0 bridgehead atoms. The van der Waals surface area contributed by atoms with E-state index in [4.69, 9.17) is 0 Å². The predicted molar refractivity (Wildman–Crippen MR) is 121 cm³/mol. The Morgan fingerprint density at radius 2 is 1.93 bits per heavy atom. The van der Waals surface area contributed by atoms with E-state index in [2.05, 4.69) is 64.7 Å². The van der Waals surface area contributed by atoms with Crippen LogP contribution in [0.15, 0.2) is 41.5 Å². The summed E-state index contributed by atoms with van der Waals surface area (Å²) < 4.78 is 1.97. The van der Waals surface area contributed by atoms with Gasteiger partial charge in [0.05, 0.1) is 11.4 Å². The van der Waals surface area contributed by atoms with Crippen LogP contribution in [0.1, 0.15) is 44.4 Å². The number of aliphatic imine (C=N–C) groups is 1. The van der Waals surface area contributed by atoms with Crippen molar-refractivity contribution in [1.82, 2.24) is 25.3 Å². The molecule has 6 nitrogen and oxygen atoms in total. The lowest BCUT2D eigenvalue weighted by molar-refractivity contribution is 0.167. The van der Waals surface area contributed by atoms with Crippen LogP contribution in [0.3, 0.4) is 0 Å². The van der Waals surface area contributed by atoms with Gasteiger partial charge in [-0.25, -0.2) is 4.68 Å². The van der Waals surface area contributed by atoms with Crippen LogP contribution in [-0.2, 0) is 6.42 Å². The number of hydrogen-bond donors (Lipinski definition) is 2. The average molecular weight is 397 g/mol. The van der Waals surface area contributed by atoms with Crippen molar-refractivity contribution in [1.29, 1.82) is 0 Å². The number of para-hydroxylation sites is 1. The number of benzene rings is 1. The van der Waals surface area contributed by atoms with Gasteiger partial charge in [-0.15, -0.1) is 0 Å². The van der Waals surface area contributed by atoms with Crippen molar-refractivity contribution in [2.75, 3.05) is 26.7 Å². The summed E-state index contributed by atoms with van der Waals surface area (Å²) in [6, 6.07) is 11.4. The van der Waals surface area contributed by atoms with Gasteiger partial charge >= 0.3 is 0 Å². The zero-order chi connectivity index (χ0) is 20.6. The van der Waals surface area contributed by atoms with Gasteiger partial charge in [0.2, 0.25) is 0 Å². The Hall–Kier alpha value is -2.34. The maximum atomic E-state index is 4.66. The number of aryl methyl sites for hydroxylation is 2. The van der Waals surface area contributed by atoms with E-state index in [1.165, 1.54) is 18.4 Å². The second-order valence-corrected chi connectivity index (χ2v) is 8.17. The number of nitrogens with zero attached hydrogens (tertiary/aromatic N) is 4. The van der Waals surface area contributed by atoms with Crippen LogP contribution >= 0.6 is 0 Å². The Morgan fingerprint density at radius 3 is 2.59 bits per heavy atom. The van der Waals surface area contributed by atoms with Crippen molar-refractivity contribution in [3.63, 3.8) is 0 Å². The summed E-state index contributed by atoms with van der Waals surface area (Å²) >= 11 is 0. The number of likely N-dealkylation sites (tertiary alicyclic amines) is 1. The van der Waals surface area contributed by atoms with E-state index in [0.717, 1.165) is 49.8 Å². The van der Waals surface area contributed by atoms with E-state index in [1.807, 2.05) is 29.9 Å². The lowest BCUT2D eigenvalue weighted by atomic mass is 10.0. The second-order valence-electron chi connectivity index (χ2n) is 8.17. The third-order valence-corrected chi connectivity index (χ3v) is 5.76. The lowest BCUT2D eigenvalue weighted by Crippen LogP contribution is -2.50. The minimum atomic E-state index is 0.516. The molecule has 1 aliphatic rings. The van der Waals surface area contributed by atoms with Crippen molar-refractivity contribution in [3.05, 3.63) is 47.8 Å². The first-order chi connectivity index (χ1) is 14.1. The highest BCUT2D eigenvalue weighted by Crippen LogP contribution is 2.14. The van der Waals surface area contributed by atoms with Crippen molar-refractivity contribution >= 4 is 5.96 Å². The summed E-state index contributed by atoms with van der Waals surface area (Å²) in [6.07, 6.45) is 6.57. The molecule has 0 aliphatic carbocycles. The van der Waals surface area contributed by atoms with Gasteiger partial charge in [-0.2, -0.15) is 5.10 Å². The highest BCUT2D eigenvalue weighted by atomic mass is 15.3. The van der Waals surface area contributed by atoms with Crippen LogP contribution in [0.5, 0.6) is 0 Å². The van der Waals surface area contributed by atoms with Gasteiger partial charge in [-0.05, 0) is 64.2 Å². The molecular formula is C23H36N6. The summed E-state index contributed by atoms with van der Waals surface area (Å²) in [6.45, 7) is 9.87. The van der Waals surface area contributed by atoms with Gasteiger partial charge < -0.3 is 15.5 Å². The van der Waals surface area contributed by atoms with Crippen molar-refractivity contribution < 1.29 is 0 Å². The third kappa shape index (κ3) is 6.07. The number of guanidine groups is 1. The number of hydrogen-bond acceptors (Lipinski definition) is 3. The SMILES string of the molecule is CN=C(NCCCc1cn(-c2ccccc2)nc1C)NC1CCN(C(C)C)CC1. The standard InChI is InChI=1S/C23H36N6/c1-18(2)28-15-12-21(13-16-28)26-23(24-4)25-14-8-9-20-17-29(27-19(20)3)22-10-6-5-7-11-22/h5-7,10-11,17-18,21H,8-9,12-16H2,1-4H3,(H2,24,25,26). The van der Waals surface area contributed by atoms with Gasteiger partial charge in [0, 0.05) is 45.0 Å². The summed E-state index contributed by atoms with van der Waals surface area (Å²) in [4.78, 5) is 6.95. The first-order valence-electron chi connectivity index (χ1n) is 10.9. The van der Waals surface area contributed by atoms with Gasteiger partial charge in [-0.3, -0.25) is 4.99 Å². The van der Waals surface area contributed by atoms with Gasteiger partial charge in [0.25, 0.3) is 0 Å². The highest BCUT2D eigenvalue weighted by molar-refractivity contribution is 5.79. The van der Waals surface area contributed by atoms with E-state index < -0.39 is 0 Å². The minimum absolute atomic E-state index is 0.516. The van der Waals surface area contributed by atoms with Crippen LogP contribution in [0.25, 0.3) is 5.69 Å². The fraction of sp³-hybridized carbons (Fsp3) is 0.565. The van der Waals surface area contributed by atoms with E-state index in [1.54, 1.807) is 0 Å². The normalized spacial score (nSPS) is 16.4. The Morgan fingerprint density at radius 1 is 1.21 bits per heavy atom. The summed E-state index contributed by atoms with van der Waals surface area (Å²) in [7, 11) is 1.85. The van der Waals surface area contributed by atoms with E-state index in [0.29, 0.717) is 12.1 Å². The Bertz CT molecular complexity index is 772. The molecule has 1 aromatic carbocycles. The van der Waals surface area contributed by atoms with E-state index in [9.17, 15) is 0 Å². The van der Waals surface area contributed by atoms with Gasteiger partial charge in [0.1, 0.15) is 0 Å². The van der Waals surface area contributed by atoms with Crippen molar-refractivity contribution in [2.45, 2.75) is 58.5 Å². The predicted octanol–water partition coefficient (Wildman–Crippen LogP) is 3.15. The molecule has 0 radical (unpaired) electrons. The molecule has 29 heavy (non-hydrogen) atoms. The van der Waals surface area contributed by atoms with Crippen molar-refractivity contribution in [2.24, 2.45) is 4.99 Å². The molecule has 158 valence electrons. The Labute approximate surface area is 175 Å². The van der Waals surface area contributed by atoms with Crippen LogP contribution in [-0.4, -0.2) is 59.4 Å². The molecule has 0 saturated carbocycles. The average Bonchev–Trinajstić information content (AvgIpc) is 3.12.